The van der Waals surface area contributed by atoms with Crippen LogP contribution in [0.1, 0.15) is 31.4 Å². The zero-order valence-electron chi connectivity index (χ0n) is 17.5. The molecule has 1 aliphatic heterocycles. The van der Waals surface area contributed by atoms with E-state index in [1.165, 1.54) is 0 Å². The number of thioether (sulfide) groups is 1. The van der Waals surface area contributed by atoms with Crippen LogP contribution in [0, 0.1) is 6.92 Å². The largest absolute Gasteiger partial charge is 0.490 e. The van der Waals surface area contributed by atoms with Crippen molar-refractivity contribution in [3.8, 4) is 5.75 Å². The van der Waals surface area contributed by atoms with Gasteiger partial charge in [0.1, 0.15) is 12.3 Å². The third-order valence-corrected chi connectivity index (χ3v) is 6.05. The molecular weight excluding hydrogens is 436 g/mol. The fraction of sp³-hybridized carbons (Fsp3) is 0.261. The average molecular weight is 459 g/mol. The molecule has 0 bridgehead atoms. The van der Waals surface area contributed by atoms with Gasteiger partial charge in [0.05, 0.1) is 11.0 Å². The summed E-state index contributed by atoms with van der Waals surface area (Å²) in [6.45, 7) is 5.46. The normalized spacial score (nSPS) is 16.0. The first kappa shape index (κ1) is 22.9. The number of imide groups is 1. The molecule has 2 aromatic rings. The maximum atomic E-state index is 12.8. The number of hydrogen-bond acceptors (Lipinski definition) is 5. The Hall–Kier alpha value is -2.77. The molecule has 1 saturated heterocycles. The second-order valence-corrected chi connectivity index (χ2v) is 8.55. The van der Waals surface area contributed by atoms with Crippen molar-refractivity contribution in [2.75, 3.05) is 11.9 Å². The highest BCUT2D eigenvalue weighted by Gasteiger charge is 2.36. The van der Waals surface area contributed by atoms with Crippen molar-refractivity contribution >= 4 is 52.2 Å². The highest BCUT2D eigenvalue weighted by molar-refractivity contribution is 8.18. The number of carbonyl (C=O) groups is 3. The van der Waals surface area contributed by atoms with Crippen LogP contribution < -0.4 is 10.1 Å². The SMILES string of the molecule is CC[C@H](C)Oc1ccccc1/C=C1/SC(=O)N(CC(=O)Nc2ccc(C)c(Cl)c2)C1=O. The molecule has 3 amide bonds. The third-order valence-electron chi connectivity index (χ3n) is 4.74. The summed E-state index contributed by atoms with van der Waals surface area (Å²) in [4.78, 5) is 38.7. The molecule has 0 unspecified atom stereocenters. The Morgan fingerprint density at radius 1 is 1.26 bits per heavy atom. The number of aryl methyl sites for hydroxylation is 1. The van der Waals surface area contributed by atoms with Crippen molar-refractivity contribution in [1.29, 1.82) is 0 Å². The van der Waals surface area contributed by atoms with E-state index in [1.807, 2.05) is 45.0 Å². The molecule has 162 valence electrons. The molecule has 0 aromatic heterocycles. The van der Waals surface area contributed by atoms with Crippen molar-refractivity contribution in [1.82, 2.24) is 4.90 Å². The summed E-state index contributed by atoms with van der Waals surface area (Å²) in [7, 11) is 0. The van der Waals surface area contributed by atoms with Crippen LogP contribution in [0.5, 0.6) is 5.75 Å². The van der Waals surface area contributed by atoms with Gasteiger partial charge in [-0.05, 0) is 61.9 Å². The van der Waals surface area contributed by atoms with Gasteiger partial charge in [-0.25, -0.2) is 0 Å². The molecule has 1 fully saturated rings. The number of hydrogen-bond donors (Lipinski definition) is 1. The fourth-order valence-electron chi connectivity index (χ4n) is 2.80. The molecule has 8 heteroatoms. The number of rotatable bonds is 7. The van der Waals surface area contributed by atoms with E-state index in [2.05, 4.69) is 5.32 Å². The lowest BCUT2D eigenvalue weighted by Crippen LogP contribution is -2.36. The lowest BCUT2D eigenvalue weighted by atomic mass is 10.1. The predicted molar refractivity (Wildman–Crippen MR) is 124 cm³/mol. The highest BCUT2D eigenvalue weighted by Crippen LogP contribution is 2.34. The van der Waals surface area contributed by atoms with E-state index in [1.54, 1.807) is 24.3 Å². The van der Waals surface area contributed by atoms with Gasteiger partial charge >= 0.3 is 0 Å². The van der Waals surface area contributed by atoms with Gasteiger partial charge in [-0.3, -0.25) is 19.3 Å². The van der Waals surface area contributed by atoms with E-state index >= 15 is 0 Å². The zero-order chi connectivity index (χ0) is 22.5. The zero-order valence-corrected chi connectivity index (χ0v) is 19.0. The minimum absolute atomic E-state index is 0.0172. The number of anilines is 1. The molecule has 3 rings (SSSR count). The van der Waals surface area contributed by atoms with Gasteiger partial charge in [-0.15, -0.1) is 0 Å². The Morgan fingerprint density at radius 2 is 2.00 bits per heavy atom. The monoisotopic (exact) mass is 458 g/mol. The van der Waals surface area contributed by atoms with Crippen molar-refractivity contribution < 1.29 is 19.1 Å². The van der Waals surface area contributed by atoms with E-state index in [0.717, 1.165) is 28.6 Å². The molecule has 1 atom stereocenters. The van der Waals surface area contributed by atoms with E-state index in [-0.39, 0.29) is 17.6 Å². The van der Waals surface area contributed by atoms with Gasteiger partial charge in [0, 0.05) is 16.3 Å². The molecule has 0 aliphatic carbocycles. The van der Waals surface area contributed by atoms with Crippen LogP contribution in [0.3, 0.4) is 0 Å². The lowest BCUT2D eigenvalue weighted by molar-refractivity contribution is -0.127. The molecule has 1 aliphatic rings. The van der Waals surface area contributed by atoms with Gasteiger partial charge in [-0.1, -0.05) is 42.8 Å². The van der Waals surface area contributed by atoms with Crippen molar-refractivity contribution in [3.63, 3.8) is 0 Å². The van der Waals surface area contributed by atoms with Crippen molar-refractivity contribution in [3.05, 3.63) is 63.5 Å². The maximum absolute atomic E-state index is 12.8. The van der Waals surface area contributed by atoms with Crippen LogP contribution >= 0.6 is 23.4 Å². The Morgan fingerprint density at radius 3 is 2.71 bits per heavy atom. The van der Waals surface area contributed by atoms with Crippen LogP contribution in [0.4, 0.5) is 10.5 Å². The van der Waals surface area contributed by atoms with Gasteiger partial charge in [0.25, 0.3) is 11.1 Å². The molecule has 0 spiro atoms. The summed E-state index contributed by atoms with van der Waals surface area (Å²) in [6, 6.07) is 12.4. The topological polar surface area (TPSA) is 75.7 Å². The lowest BCUT2D eigenvalue weighted by Gasteiger charge is -2.15. The van der Waals surface area contributed by atoms with Crippen LogP contribution in [-0.4, -0.2) is 34.6 Å². The summed E-state index contributed by atoms with van der Waals surface area (Å²) in [5.41, 5.74) is 2.08. The summed E-state index contributed by atoms with van der Waals surface area (Å²) >= 11 is 6.88. The predicted octanol–water partition coefficient (Wildman–Crippen LogP) is 5.50. The molecule has 1 heterocycles. The first-order chi connectivity index (χ1) is 14.8. The third kappa shape index (κ3) is 5.68. The van der Waals surface area contributed by atoms with Gasteiger partial charge < -0.3 is 10.1 Å². The van der Waals surface area contributed by atoms with E-state index in [4.69, 9.17) is 16.3 Å². The molecule has 31 heavy (non-hydrogen) atoms. The molecule has 0 saturated carbocycles. The number of carbonyl (C=O) groups excluding carboxylic acids is 3. The van der Waals surface area contributed by atoms with Crippen LogP contribution in [0.15, 0.2) is 47.4 Å². The summed E-state index contributed by atoms with van der Waals surface area (Å²) < 4.78 is 5.90. The highest BCUT2D eigenvalue weighted by atomic mass is 35.5. The molecule has 1 N–H and O–H groups in total. The smallest absolute Gasteiger partial charge is 0.294 e. The minimum Gasteiger partial charge on any atom is -0.490 e. The fourth-order valence-corrected chi connectivity index (χ4v) is 3.81. The average Bonchev–Trinajstić information content (AvgIpc) is 2.99. The number of ether oxygens (including phenoxy) is 1. The quantitative estimate of drug-likeness (QED) is 0.554. The first-order valence-corrected chi connectivity index (χ1v) is 11.0. The molecular formula is C23H23ClN2O4S. The Bertz CT molecular complexity index is 1050. The van der Waals surface area contributed by atoms with Gasteiger partial charge in [0.2, 0.25) is 5.91 Å². The second-order valence-electron chi connectivity index (χ2n) is 7.15. The van der Waals surface area contributed by atoms with Crippen molar-refractivity contribution in [2.24, 2.45) is 0 Å². The summed E-state index contributed by atoms with van der Waals surface area (Å²) in [6.07, 6.45) is 2.48. The first-order valence-electron chi connectivity index (χ1n) is 9.85. The van der Waals surface area contributed by atoms with E-state index < -0.39 is 17.1 Å². The standard InChI is InChI=1S/C23H23ClN2O4S/c1-4-15(3)30-19-8-6-5-7-16(19)11-20-22(28)26(23(29)31-20)13-21(27)25-17-10-9-14(2)18(24)12-17/h5-12,15H,4,13H2,1-3H3,(H,25,27)/b20-11+/t15-/m0/s1. The molecule has 6 nitrogen and oxygen atoms in total. The van der Waals surface area contributed by atoms with E-state index in [0.29, 0.717) is 22.0 Å². The van der Waals surface area contributed by atoms with Gasteiger partial charge in [-0.2, -0.15) is 0 Å². The Kier molecular flexibility index (Phi) is 7.41. The van der Waals surface area contributed by atoms with Crippen LogP contribution in [-0.2, 0) is 9.59 Å². The summed E-state index contributed by atoms with van der Waals surface area (Å²) in [5, 5.41) is 2.69. The number of nitrogens with one attached hydrogen (secondary N) is 1. The number of nitrogens with zero attached hydrogens (tertiary/aromatic N) is 1. The number of benzene rings is 2. The number of para-hydroxylation sites is 1. The van der Waals surface area contributed by atoms with Gasteiger partial charge in [0.15, 0.2) is 0 Å². The minimum atomic E-state index is -0.509. The second kappa shape index (κ2) is 10.0. The number of amides is 3. The van der Waals surface area contributed by atoms with E-state index in [9.17, 15) is 14.4 Å². The Balaban J connectivity index is 1.72. The number of halogens is 1. The maximum Gasteiger partial charge on any atom is 0.294 e. The summed E-state index contributed by atoms with van der Waals surface area (Å²) in [5.74, 6) is -0.355. The van der Waals surface area contributed by atoms with Crippen LogP contribution in [0.2, 0.25) is 5.02 Å². The molecule has 2 aromatic carbocycles. The molecule has 0 radical (unpaired) electrons. The van der Waals surface area contributed by atoms with Crippen molar-refractivity contribution in [2.45, 2.75) is 33.3 Å². The Labute approximate surface area is 190 Å². The van der Waals surface area contributed by atoms with Crippen LogP contribution in [0.25, 0.3) is 6.08 Å².